The molecule has 2 atom stereocenters. The average molecular weight is 755 g/mol. The largest absolute Gasteiger partial charge is 0.394 e. The topological polar surface area (TPSA) is 298 Å². The third kappa shape index (κ3) is 19.9. The maximum atomic E-state index is 10.4. The zero-order valence-corrected chi connectivity index (χ0v) is 27.9. The number of hydrogen-bond acceptors (Lipinski definition) is 12. The summed E-state index contributed by atoms with van der Waals surface area (Å²) < 4.78 is 117. The van der Waals surface area contributed by atoms with E-state index >= 15 is 0 Å². The Balaban J connectivity index is 0.000000577. The van der Waals surface area contributed by atoms with E-state index in [1.165, 1.54) is 48.5 Å². The van der Waals surface area contributed by atoms with E-state index in [1.807, 2.05) is 0 Å². The van der Waals surface area contributed by atoms with Gasteiger partial charge in [0.15, 0.2) is 0 Å². The maximum absolute atomic E-state index is 10.4. The van der Waals surface area contributed by atoms with E-state index in [-0.39, 0.29) is 19.6 Å². The molecule has 16 nitrogen and oxygen atoms in total. The quantitative estimate of drug-likeness (QED) is 0.124. The van der Waals surface area contributed by atoms with Crippen molar-refractivity contribution in [3.05, 3.63) is 121 Å². The van der Waals surface area contributed by atoms with E-state index in [4.69, 9.17) is 38.6 Å². The molecule has 48 heavy (non-hydrogen) atoms. The van der Waals surface area contributed by atoms with Gasteiger partial charge >= 0.3 is 0 Å². The highest BCUT2D eigenvalue weighted by Gasteiger charge is 2.12. The second-order valence-corrected chi connectivity index (χ2v) is 14.3. The summed E-state index contributed by atoms with van der Waals surface area (Å²) in [5.74, 6) is 0. The summed E-state index contributed by atoms with van der Waals surface area (Å²) in [6, 6.07) is 29.7. The first-order valence-electron chi connectivity index (χ1n) is 12.8. The third-order valence-corrected chi connectivity index (χ3v) is 8.45. The number of aliphatic hydroxyl groups is 4. The lowest BCUT2D eigenvalue weighted by Gasteiger charge is -2.10. The third-order valence-electron chi connectivity index (χ3n) is 4.98. The second-order valence-electron chi connectivity index (χ2n) is 8.65. The van der Waals surface area contributed by atoms with Gasteiger partial charge in [0.05, 0.1) is 32.8 Å². The minimum Gasteiger partial charge on any atom is -0.394 e. The molecule has 20 heteroatoms. The molecule has 0 aliphatic heterocycles. The SMILES string of the molecule is O=S(=O)(O)c1ccccc1.O=S(=O)(O)c1ccccc1.O=S(=O)(O)c1ccccc1.O=S(=O)(O)c1ccccc1.OCC(O)C(O)CO. The lowest BCUT2D eigenvalue weighted by Crippen LogP contribution is -2.31. The van der Waals surface area contributed by atoms with E-state index in [1.54, 1.807) is 72.8 Å². The molecule has 0 bridgehead atoms. The summed E-state index contributed by atoms with van der Waals surface area (Å²) in [5.41, 5.74) is 0. The highest BCUT2D eigenvalue weighted by Crippen LogP contribution is 2.07. The van der Waals surface area contributed by atoms with Gasteiger partial charge in [0, 0.05) is 0 Å². The molecule has 0 aliphatic carbocycles. The van der Waals surface area contributed by atoms with Gasteiger partial charge in [-0.3, -0.25) is 18.2 Å². The van der Waals surface area contributed by atoms with Crippen LogP contribution in [0.4, 0.5) is 0 Å². The molecule has 0 heterocycles. The Bertz CT molecular complexity index is 1610. The first-order valence-corrected chi connectivity index (χ1v) is 18.6. The van der Waals surface area contributed by atoms with Crippen LogP contribution in [0.15, 0.2) is 141 Å². The highest BCUT2D eigenvalue weighted by molar-refractivity contribution is 7.86. The van der Waals surface area contributed by atoms with Crippen LogP contribution >= 0.6 is 0 Å². The Morgan fingerprint density at radius 3 is 0.583 bits per heavy atom. The Morgan fingerprint density at radius 2 is 0.500 bits per heavy atom. The second kappa shape index (κ2) is 21.4. The smallest absolute Gasteiger partial charge is 0.294 e. The fourth-order valence-corrected chi connectivity index (χ4v) is 4.62. The molecule has 0 saturated carbocycles. The van der Waals surface area contributed by atoms with E-state index in [9.17, 15) is 33.7 Å². The van der Waals surface area contributed by atoms with Crippen LogP contribution in [0, 0.1) is 0 Å². The fraction of sp³-hybridized carbons (Fsp3) is 0.143. The zero-order chi connectivity index (χ0) is 37.0. The van der Waals surface area contributed by atoms with Crippen molar-refractivity contribution in [1.29, 1.82) is 0 Å². The van der Waals surface area contributed by atoms with Gasteiger partial charge in [-0.25, -0.2) is 0 Å². The Kier molecular flexibility index (Phi) is 19.7. The predicted octanol–water partition coefficient (Wildman–Crippen LogP) is 1.43. The Morgan fingerprint density at radius 1 is 0.354 bits per heavy atom. The van der Waals surface area contributed by atoms with Crippen molar-refractivity contribution in [3.8, 4) is 0 Å². The van der Waals surface area contributed by atoms with Crippen molar-refractivity contribution in [1.82, 2.24) is 0 Å². The number of aliphatic hydroxyl groups excluding tert-OH is 4. The van der Waals surface area contributed by atoms with E-state index < -0.39 is 65.9 Å². The average Bonchev–Trinajstić information content (AvgIpc) is 3.05. The van der Waals surface area contributed by atoms with Crippen LogP contribution in [-0.2, 0) is 40.5 Å². The summed E-state index contributed by atoms with van der Waals surface area (Å²) >= 11 is 0. The predicted molar refractivity (Wildman–Crippen MR) is 171 cm³/mol. The first-order chi connectivity index (χ1) is 22.1. The molecule has 0 saturated heterocycles. The van der Waals surface area contributed by atoms with Gasteiger partial charge < -0.3 is 20.4 Å². The van der Waals surface area contributed by atoms with Crippen molar-refractivity contribution in [2.24, 2.45) is 0 Å². The van der Waals surface area contributed by atoms with Crippen molar-refractivity contribution in [2.75, 3.05) is 13.2 Å². The van der Waals surface area contributed by atoms with Crippen LogP contribution in [0.1, 0.15) is 0 Å². The van der Waals surface area contributed by atoms with Crippen molar-refractivity contribution in [2.45, 2.75) is 31.8 Å². The first kappa shape index (κ1) is 44.4. The van der Waals surface area contributed by atoms with Crippen molar-refractivity contribution >= 4 is 40.5 Å². The van der Waals surface area contributed by atoms with Gasteiger partial charge in [-0.2, -0.15) is 33.7 Å². The number of benzene rings is 4. The van der Waals surface area contributed by atoms with Crippen LogP contribution in [0.3, 0.4) is 0 Å². The maximum Gasteiger partial charge on any atom is 0.294 e. The standard InChI is InChI=1S/4C6H6O3S.C4H10O4/c4*7-10(8,9)6-4-2-1-3-5-6;5-1-3(7)4(8)2-6/h4*1-5H,(H,7,8,9);3-8H,1-2H2. The summed E-state index contributed by atoms with van der Waals surface area (Å²) in [6.07, 6.45) is -2.44. The minimum absolute atomic E-state index is 0.0741. The Labute approximate surface area is 278 Å². The molecule has 0 spiro atoms. The number of rotatable bonds is 7. The summed E-state index contributed by atoms with van der Waals surface area (Å²) in [5, 5.41) is 33.2. The molecule has 0 aromatic heterocycles. The van der Waals surface area contributed by atoms with Gasteiger partial charge in [0.25, 0.3) is 40.5 Å². The molecule has 4 aromatic rings. The molecular weight excluding hydrogens is 721 g/mol. The van der Waals surface area contributed by atoms with Gasteiger partial charge in [-0.05, 0) is 48.5 Å². The molecule has 266 valence electrons. The van der Waals surface area contributed by atoms with Gasteiger partial charge in [0.1, 0.15) is 12.2 Å². The molecule has 2 unspecified atom stereocenters. The van der Waals surface area contributed by atoms with Crippen LogP contribution in [0.5, 0.6) is 0 Å². The van der Waals surface area contributed by atoms with E-state index in [2.05, 4.69) is 0 Å². The lowest BCUT2D eigenvalue weighted by atomic mass is 10.2. The number of hydrogen-bond donors (Lipinski definition) is 8. The molecule has 4 aromatic carbocycles. The molecule has 0 radical (unpaired) electrons. The normalized spacial score (nSPS) is 12.4. The summed E-state index contributed by atoms with van der Waals surface area (Å²) in [7, 11) is -16.0. The van der Waals surface area contributed by atoms with Gasteiger partial charge in [0.2, 0.25) is 0 Å². The van der Waals surface area contributed by atoms with Crippen molar-refractivity contribution < 1.29 is 72.3 Å². The van der Waals surface area contributed by atoms with E-state index in [0.717, 1.165) is 0 Å². The monoisotopic (exact) mass is 754 g/mol. The zero-order valence-electron chi connectivity index (χ0n) is 24.6. The fourth-order valence-electron chi connectivity index (χ4n) is 2.61. The van der Waals surface area contributed by atoms with Crippen LogP contribution in [0.25, 0.3) is 0 Å². The summed E-state index contributed by atoms with van der Waals surface area (Å²) in [6.45, 7) is -1.05. The highest BCUT2D eigenvalue weighted by atomic mass is 32.2. The summed E-state index contributed by atoms with van der Waals surface area (Å²) in [4.78, 5) is -0.296. The van der Waals surface area contributed by atoms with Crippen LogP contribution in [0.2, 0.25) is 0 Å². The minimum atomic E-state index is -4.00. The van der Waals surface area contributed by atoms with Gasteiger partial charge in [-0.15, -0.1) is 0 Å². The molecule has 8 N–H and O–H groups in total. The van der Waals surface area contributed by atoms with E-state index in [0.29, 0.717) is 0 Å². The molecule has 0 fully saturated rings. The van der Waals surface area contributed by atoms with Crippen molar-refractivity contribution in [3.63, 3.8) is 0 Å². The lowest BCUT2D eigenvalue weighted by molar-refractivity contribution is -0.0388. The molecular formula is C28H34O16S4. The van der Waals surface area contributed by atoms with Gasteiger partial charge in [-0.1, -0.05) is 72.8 Å². The molecule has 0 aliphatic rings. The molecule has 0 amide bonds. The molecule has 4 rings (SSSR count). The van der Waals surface area contributed by atoms with Crippen LogP contribution < -0.4 is 0 Å². The van der Waals surface area contributed by atoms with Crippen LogP contribution in [-0.4, -0.2) is 97.7 Å². The Hall–Kier alpha value is -3.64.